The van der Waals surface area contributed by atoms with E-state index in [1.165, 1.54) is 4.57 Å². The molecule has 0 bridgehead atoms. The van der Waals surface area contributed by atoms with Crippen LogP contribution >= 0.6 is 0 Å². The highest BCUT2D eigenvalue weighted by Gasteiger charge is 2.21. The number of aromatic nitrogens is 4. The van der Waals surface area contributed by atoms with Crippen molar-refractivity contribution in [1.82, 2.24) is 19.7 Å². The quantitative estimate of drug-likeness (QED) is 0.539. The summed E-state index contributed by atoms with van der Waals surface area (Å²) in [5.41, 5.74) is 7.47. The van der Waals surface area contributed by atoms with Crippen molar-refractivity contribution in [3.05, 3.63) is 56.6 Å². The molecule has 3 N–H and O–H groups in total. The van der Waals surface area contributed by atoms with Gasteiger partial charge < -0.3 is 15.1 Å². The van der Waals surface area contributed by atoms with Crippen LogP contribution in [-0.4, -0.2) is 26.3 Å². The van der Waals surface area contributed by atoms with E-state index in [1.54, 1.807) is 0 Å². The lowest BCUT2D eigenvalue weighted by Crippen LogP contribution is -2.39. The highest BCUT2D eigenvalue weighted by molar-refractivity contribution is 5.62. The first kappa shape index (κ1) is 22.3. The minimum absolute atomic E-state index is 0.150. The molecule has 0 fully saturated rings. The Balaban J connectivity index is 1.97. The normalized spacial score (nSPS) is 11.3. The summed E-state index contributed by atoms with van der Waals surface area (Å²) in [5, 5.41) is 8.32. The van der Waals surface area contributed by atoms with Crippen LogP contribution in [0.1, 0.15) is 45.1 Å². The zero-order valence-corrected chi connectivity index (χ0v) is 18.5. The maximum Gasteiger partial charge on any atom is 0.330 e. The molecule has 9 nitrogen and oxygen atoms in total. The number of anilines is 2. The van der Waals surface area contributed by atoms with E-state index in [9.17, 15) is 9.59 Å². The minimum Gasteiger partial charge on any atom is -0.419 e. The van der Waals surface area contributed by atoms with E-state index < -0.39 is 11.2 Å². The highest BCUT2D eigenvalue weighted by Crippen LogP contribution is 2.23. The van der Waals surface area contributed by atoms with Gasteiger partial charge in [-0.15, -0.1) is 10.2 Å². The van der Waals surface area contributed by atoms with Crippen LogP contribution < -0.4 is 21.9 Å². The van der Waals surface area contributed by atoms with Crippen molar-refractivity contribution < 1.29 is 4.42 Å². The number of nitrogens with one attached hydrogen (secondary N) is 1. The second-order valence-corrected chi connectivity index (χ2v) is 8.14. The van der Waals surface area contributed by atoms with Gasteiger partial charge in [0.05, 0.1) is 6.54 Å². The Kier molecular flexibility index (Phi) is 6.94. The van der Waals surface area contributed by atoms with E-state index in [-0.39, 0.29) is 24.0 Å². The molecule has 0 saturated heterocycles. The molecule has 2 heterocycles. The minimum atomic E-state index is -0.517. The number of nitrogens with zero attached hydrogens (tertiary/aromatic N) is 4. The summed E-state index contributed by atoms with van der Waals surface area (Å²) in [5.74, 6) is 1.13. The topological polar surface area (TPSA) is 123 Å². The Morgan fingerprint density at radius 3 is 2.71 bits per heavy atom. The number of nitrogen functional groups attached to an aromatic ring is 1. The van der Waals surface area contributed by atoms with Gasteiger partial charge in [0.1, 0.15) is 11.5 Å². The van der Waals surface area contributed by atoms with Crippen molar-refractivity contribution >= 4 is 11.5 Å². The summed E-state index contributed by atoms with van der Waals surface area (Å²) in [6, 6.07) is 7.80. The smallest absolute Gasteiger partial charge is 0.330 e. The Labute approximate surface area is 180 Å². The summed E-state index contributed by atoms with van der Waals surface area (Å²) in [6.07, 6.45) is 1.76. The summed E-state index contributed by atoms with van der Waals surface area (Å²) >= 11 is 0. The summed E-state index contributed by atoms with van der Waals surface area (Å²) in [7, 11) is 0. The summed E-state index contributed by atoms with van der Waals surface area (Å²) in [4.78, 5) is 29.2. The van der Waals surface area contributed by atoms with E-state index in [1.807, 2.05) is 49.9 Å². The van der Waals surface area contributed by atoms with E-state index >= 15 is 0 Å². The van der Waals surface area contributed by atoms with Crippen molar-refractivity contribution in [1.29, 1.82) is 0 Å². The number of rotatable bonds is 9. The SMILES string of the molecule is CCCCN(Cc1nnc(-c2cccc(C)c2)o1)c1c(N)n(CC(C)C)c(=O)[nH]c1=O. The van der Waals surface area contributed by atoms with Gasteiger partial charge >= 0.3 is 5.69 Å². The van der Waals surface area contributed by atoms with E-state index in [2.05, 4.69) is 22.1 Å². The lowest BCUT2D eigenvalue weighted by Gasteiger charge is -2.25. The fourth-order valence-corrected chi connectivity index (χ4v) is 3.42. The number of hydrogen-bond acceptors (Lipinski definition) is 7. The van der Waals surface area contributed by atoms with E-state index in [0.29, 0.717) is 24.9 Å². The number of unbranched alkanes of at least 4 members (excludes halogenated alkanes) is 1. The average molecular weight is 427 g/mol. The lowest BCUT2D eigenvalue weighted by atomic mass is 10.1. The molecule has 0 aliphatic carbocycles. The van der Waals surface area contributed by atoms with Gasteiger partial charge in [-0.1, -0.05) is 44.9 Å². The average Bonchev–Trinajstić information content (AvgIpc) is 3.17. The number of benzene rings is 1. The number of aromatic amines is 1. The first-order valence-corrected chi connectivity index (χ1v) is 10.6. The van der Waals surface area contributed by atoms with Crippen molar-refractivity contribution in [2.45, 2.75) is 53.6 Å². The van der Waals surface area contributed by atoms with Crippen molar-refractivity contribution in [3.63, 3.8) is 0 Å². The molecule has 3 rings (SSSR count). The number of H-pyrrole nitrogens is 1. The first-order valence-electron chi connectivity index (χ1n) is 10.6. The number of hydrogen-bond donors (Lipinski definition) is 2. The molecular formula is C22H30N6O3. The third kappa shape index (κ3) is 5.22. The van der Waals surface area contributed by atoms with Crippen molar-refractivity contribution in [2.75, 3.05) is 17.2 Å². The summed E-state index contributed by atoms with van der Waals surface area (Å²) in [6.45, 7) is 9.21. The van der Waals surface area contributed by atoms with Crippen LogP contribution in [0.15, 0.2) is 38.3 Å². The molecule has 166 valence electrons. The van der Waals surface area contributed by atoms with E-state index in [0.717, 1.165) is 24.0 Å². The molecule has 0 unspecified atom stereocenters. The van der Waals surface area contributed by atoms with Crippen LogP contribution in [0.25, 0.3) is 11.5 Å². The third-order valence-electron chi connectivity index (χ3n) is 4.92. The summed E-state index contributed by atoms with van der Waals surface area (Å²) < 4.78 is 7.28. The van der Waals surface area contributed by atoms with Crippen molar-refractivity contribution in [2.24, 2.45) is 5.92 Å². The van der Waals surface area contributed by atoms with Crippen molar-refractivity contribution in [3.8, 4) is 11.5 Å². The highest BCUT2D eigenvalue weighted by atomic mass is 16.4. The Morgan fingerprint density at radius 2 is 2.03 bits per heavy atom. The third-order valence-corrected chi connectivity index (χ3v) is 4.92. The van der Waals surface area contributed by atoms with Crippen LogP contribution in [0.3, 0.4) is 0 Å². The van der Waals surface area contributed by atoms with Crippen LogP contribution in [0, 0.1) is 12.8 Å². The standard InChI is InChI=1S/C22H30N6O3/c1-5-6-10-27(18-19(23)28(12-14(2)3)22(30)24-20(18)29)13-17-25-26-21(31-17)16-9-7-8-15(4)11-16/h7-9,11,14H,5-6,10,12-13,23H2,1-4H3,(H,24,29,30). The lowest BCUT2D eigenvalue weighted by molar-refractivity contribution is 0.491. The Bertz CT molecular complexity index is 1140. The van der Waals surface area contributed by atoms with Crippen LogP contribution in [-0.2, 0) is 13.1 Å². The number of nitrogens with two attached hydrogens (primary N) is 1. The maximum atomic E-state index is 12.7. The van der Waals surface area contributed by atoms with Gasteiger partial charge in [-0.25, -0.2) is 4.79 Å². The van der Waals surface area contributed by atoms with Crippen LogP contribution in [0.2, 0.25) is 0 Å². The fourth-order valence-electron chi connectivity index (χ4n) is 3.42. The predicted octanol–water partition coefficient (Wildman–Crippen LogP) is 2.94. The fraction of sp³-hybridized carbons (Fsp3) is 0.455. The molecule has 1 aromatic carbocycles. The zero-order valence-electron chi connectivity index (χ0n) is 18.5. The second-order valence-electron chi connectivity index (χ2n) is 8.14. The molecule has 0 saturated carbocycles. The molecule has 2 aromatic heterocycles. The van der Waals surface area contributed by atoms with Gasteiger partial charge in [-0.3, -0.25) is 14.3 Å². The molecule has 0 aliphatic rings. The molecule has 9 heteroatoms. The number of aryl methyl sites for hydroxylation is 1. The molecule has 3 aromatic rings. The Morgan fingerprint density at radius 1 is 1.26 bits per heavy atom. The van der Waals surface area contributed by atoms with Gasteiger partial charge in [-0.05, 0) is 31.4 Å². The molecule has 0 amide bonds. The van der Waals surface area contributed by atoms with Gasteiger partial charge in [0.2, 0.25) is 11.8 Å². The zero-order chi connectivity index (χ0) is 22.5. The largest absolute Gasteiger partial charge is 0.419 e. The van der Waals surface area contributed by atoms with Gasteiger partial charge in [-0.2, -0.15) is 0 Å². The first-order chi connectivity index (χ1) is 14.8. The maximum absolute atomic E-state index is 12.7. The molecule has 0 spiro atoms. The Hall–Kier alpha value is -3.36. The molecule has 0 radical (unpaired) electrons. The molecule has 31 heavy (non-hydrogen) atoms. The predicted molar refractivity (Wildman–Crippen MR) is 121 cm³/mol. The van der Waals surface area contributed by atoms with Crippen LogP contribution in [0.5, 0.6) is 0 Å². The van der Waals surface area contributed by atoms with E-state index in [4.69, 9.17) is 10.2 Å². The van der Waals surface area contributed by atoms with Gasteiger partial charge in [0.15, 0.2) is 0 Å². The molecule has 0 aliphatic heterocycles. The monoisotopic (exact) mass is 426 g/mol. The molecule has 0 atom stereocenters. The van der Waals surface area contributed by atoms with Crippen LogP contribution in [0.4, 0.5) is 11.5 Å². The second kappa shape index (κ2) is 9.63. The molecular weight excluding hydrogens is 396 g/mol. The van der Waals surface area contributed by atoms with Gasteiger partial charge in [0.25, 0.3) is 5.56 Å². The van der Waals surface area contributed by atoms with Gasteiger partial charge in [0, 0.05) is 18.7 Å².